The van der Waals surface area contributed by atoms with Crippen molar-refractivity contribution in [2.45, 2.75) is 19.4 Å². The maximum atomic E-state index is 13.3. The molecule has 1 fully saturated rings. The lowest BCUT2D eigenvalue weighted by molar-refractivity contribution is -0.0225. The van der Waals surface area contributed by atoms with E-state index in [0.29, 0.717) is 25.3 Å². The molecule has 3 aromatic rings. The number of pyridine rings is 2. The third-order valence-electron chi connectivity index (χ3n) is 4.80. The van der Waals surface area contributed by atoms with Gasteiger partial charge >= 0.3 is 0 Å². The Balaban J connectivity index is 1.79. The first-order valence-corrected chi connectivity index (χ1v) is 8.97. The minimum atomic E-state index is 0.0423. The third-order valence-corrected chi connectivity index (χ3v) is 4.80. The Morgan fingerprint density at radius 3 is 2.85 bits per heavy atom. The van der Waals surface area contributed by atoms with Crippen molar-refractivity contribution >= 4 is 16.8 Å². The number of para-hydroxylation sites is 1. The zero-order chi connectivity index (χ0) is 17.9. The highest BCUT2D eigenvalue weighted by atomic mass is 16.5. The standard InChI is InChI=1S/C21H21N3O2/c1-2-16-14-24(11-12-26-16)21(25)18-13-20(15-7-9-22-10-8-15)23-19-6-4-3-5-17(18)19/h3-10,13,16H,2,11-12,14H2,1H3. The van der Waals surface area contributed by atoms with Crippen molar-refractivity contribution in [3.8, 4) is 11.3 Å². The number of morpholine rings is 1. The highest BCUT2D eigenvalue weighted by Crippen LogP contribution is 2.26. The summed E-state index contributed by atoms with van der Waals surface area (Å²) >= 11 is 0. The second kappa shape index (κ2) is 7.22. The second-order valence-corrected chi connectivity index (χ2v) is 6.46. The van der Waals surface area contributed by atoms with Gasteiger partial charge in [0, 0.05) is 36.4 Å². The summed E-state index contributed by atoms with van der Waals surface area (Å²) in [7, 11) is 0. The number of hydrogen-bond donors (Lipinski definition) is 0. The molecule has 1 unspecified atom stereocenters. The molecular formula is C21H21N3O2. The minimum absolute atomic E-state index is 0.0423. The molecule has 5 nitrogen and oxygen atoms in total. The Hall–Kier alpha value is -2.79. The van der Waals surface area contributed by atoms with E-state index in [4.69, 9.17) is 9.72 Å². The normalized spacial score (nSPS) is 17.4. The largest absolute Gasteiger partial charge is 0.375 e. The van der Waals surface area contributed by atoms with Crippen molar-refractivity contribution in [3.63, 3.8) is 0 Å². The molecule has 3 heterocycles. The molecule has 132 valence electrons. The first kappa shape index (κ1) is 16.7. The number of aromatic nitrogens is 2. The molecule has 26 heavy (non-hydrogen) atoms. The Morgan fingerprint density at radius 1 is 1.23 bits per heavy atom. The molecule has 1 amide bonds. The molecule has 0 N–H and O–H groups in total. The topological polar surface area (TPSA) is 55.3 Å². The van der Waals surface area contributed by atoms with E-state index in [1.165, 1.54) is 0 Å². The van der Waals surface area contributed by atoms with Crippen molar-refractivity contribution in [1.82, 2.24) is 14.9 Å². The van der Waals surface area contributed by atoms with Crippen LogP contribution in [0.2, 0.25) is 0 Å². The summed E-state index contributed by atoms with van der Waals surface area (Å²) in [5.74, 6) is 0.0423. The maximum absolute atomic E-state index is 13.3. The third kappa shape index (κ3) is 3.18. The van der Waals surface area contributed by atoms with E-state index in [2.05, 4.69) is 11.9 Å². The Labute approximate surface area is 152 Å². The predicted molar refractivity (Wildman–Crippen MR) is 101 cm³/mol. The lowest BCUT2D eigenvalue weighted by Gasteiger charge is -2.32. The number of amides is 1. The van der Waals surface area contributed by atoms with E-state index in [1.54, 1.807) is 12.4 Å². The SMILES string of the molecule is CCC1CN(C(=O)c2cc(-c3ccncc3)nc3ccccc23)CCO1. The molecule has 1 saturated heterocycles. The molecule has 4 rings (SSSR count). The summed E-state index contributed by atoms with van der Waals surface area (Å²) in [6, 6.07) is 13.5. The Bertz CT molecular complexity index is 927. The molecule has 0 aliphatic carbocycles. The second-order valence-electron chi connectivity index (χ2n) is 6.46. The molecule has 1 aliphatic rings. The van der Waals surface area contributed by atoms with Gasteiger partial charge in [-0.15, -0.1) is 0 Å². The molecule has 1 aliphatic heterocycles. The van der Waals surface area contributed by atoms with Crippen LogP contribution in [-0.2, 0) is 4.74 Å². The van der Waals surface area contributed by atoms with E-state index in [-0.39, 0.29) is 12.0 Å². The molecular weight excluding hydrogens is 326 g/mol. The Morgan fingerprint density at radius 2 is 2.04 bits per heavy atom. The highest BCUT2D eigenvalue weighted by molar-refractivity contribution is 6.07. The van der Waals surface area contributed by atoms with E-state index in [9.17, 15) is 4.79 Å². The molecule has 0 bridgehead atoms. The first-order valence-electron chi connectivity index (χ1n) is 8.97. The fraction of sp³-hybridized carbons (Fsp3) is 0.286. The van der Waals surface area contributed by atoms with Crippen molar-refractivity contribution in [2.24, 2.45) is 0 Å². The smallest absolute Gasteiger partial charge is 0.254 e. The van der Waals surface area contributed by atoms with Crippen LogP contribution in [0.25, 0.3) is 22.2 Å². The molecule has 1 atom stereocenters. The lowest BCUT2D eigenvalue weighted by atomic mass is 10.0. The monoisotopic (exact) mass is 347 g/mol. The molecule has 2 aromatic heterocycles. The predicted octanol–water partition coefficient (Wildman–Crippen LogP) is 3.55. The van der Waals surface area contributed by atoms with Crippen molar-refractivity contribution in [3.05, 3.63) is 60.4 Å². The van der Waals surface area contributed by atoms with Crippen LogP contribution in [0.1, 0.15) is 23.7 Å². The summed E-state index contributed by atoms with van der Waals surface area (Å²) in [5, 5.41) is 0.884. The minimum Gasteiger partial charge on any atom is -0.375 e. The molecule has 5 heteroatoms. The molecule has 1 aromatic carbocycles. The number of fused-ring (bicyclic) bond motifs is 1. The average molecular weight is 347 g/mol. The summed E-state index contributed by atoms with van der Waals surface area (Å²) in [4.78, 5) is 24.0. The maximum Gasteiger partial charge on any atom is 0.254 e. The number of rotatable bonds is 3. The molecule has 0 saturated carbocycles. The van der Waals surface area contributed by atoms with Gasteiger partial charge < -0.3 is 9.64 Å². The van der Waals surface area contributed by atoms with E-state index in [1.807, 2.05) is 47.4 Å². The van der Waals surface area contributed by atoms with Gasteiger partial charge in [0.25, 0.3) is 5.91 Å². The average Bonchev–Trinajstić information content (AvgIpc) is 2.73. The number of hydrogen-bond acceptors (Lipinski definition) is 4. The summed E-state index contributed by atoms with van der Waals surface area (Å²) < 4.78 is 5.71. The fourth-order valence-electron chi connectivity index (χ4n) is 3.34. The van der Waals surface area contributed by atoms with Gasteiger partial charge in [0.15, 0.2) is 0 Å². The lowest BCUT2D eigenvalue weighted by Crippen LogP contribution is -2.45. The summed E-state index contributed by atoms with van der Waals surface area (Å²) in [6.45, 7) is 3.93. The van der Waals surface area contributed by atoms with Crippen LogP contribution < -0.4 is 0 Å². The number of nitrogens with zero attached hydrogens (tertiary/aromatic N) is 3. The number of ether oxygens (including phenoxy) is 1. The van der Waals surface area contributed by atoms with Gasteiger partial charge in [0.1, 0.15) is 0 Å². The van der Waals surface area contributed by atoms with Gasteiger partial charge in [0.2, 0.25) is 0 Å². The van der Waals surface area contributed by atoms with Crippen LogP contribution in [0, 0.1) is 0 Å². The van der Waals surface area contributed by atoms with Gasteiger partial charge in [-0.25, -0.2) is 4.98 Å². The zero-order valence-corrected chi connectivity index (χ0v) is 14.8. The first-order chi connectivity index (χ1) is 12.8. The van der Waals surface area contributed by atoms with Gasteiger partial charge in [-0.05, 0) is 30.7 Å². The number of benzene rings is 1. The van der Waals surface area contributed by atoms with E-state index < -0.39 is 0 Å². The fourth-order valence-corrected chi connectivity index (χ4v) is 3.34. The van der Waals surface area contributed by atoms with Gasteiger partial charge in [-0.2, -0.15) is 0 Å². The summed E-state index contributed by atoms with van der Waals surface area (Å²) in [5.41, 5.74) is 3.26. The van der Waals surface area contributed by atoms with Crippen LogP contribution in [0.4, 0.5) is 0 Å². The van der Waals surface area contributed by atoms with Crippen LogP contribution in [-0.4, -0.2) is 46.6 Å². The van der Waals surface area contributed by atoms with Crippen molar-refractivity contribution < 1.29 is 9.53 Å². The van der Waals surface area contributed by atoms with Crippen molar-refractivity contribution in [2.75, 3.05) is 19.7 Å². The highest BCUT2D eigenvalue weighted by Gasteiger charge is 2.25. The van der Waals surface area contributed by atoms with E-state index in [0.717, 1.165) is 28.6 Å². The zero-order valence-electron chi connectivity index (χ0n) is 14.8. The van der Waals surface area contributed by atoms with Crippen LogP contribution >= 0.6 is 0 Å². The number of carbonyl (C=O) groups is 1. The summed E-state index contributed by atoms with van der Waals surface area (Å²) in [6.07, 6.45) is 4.49. The van der Waals surface area contributed by atoms with E-state index >= 15 is 0 Å². The van der Waals surface area contributed by atoms with Crippen LogP contribution in [0.5, 0.6) is 0 Å². The van der Waals surface area contributed by atoms with Gasteiger partial charge in [-0.1, -0.05) is 25.1 Å². The quantitative estimate of drug-likeness (QED) is 0.727. The van der Waals surface area contributed by atoms with Crippen molar-refractivity contribution in [1.29, 1.82) is 0 Å². The van der Waals surface area contributed by atoms with Crippen LogP contribution in [0.3, 0.4) is 0 Å². The van der Waals surface area contributed by atoms with Crippen LogP contribution in [0.15, 0.2) is 54.9 Å². The molecule has 0 spiro atoms. The molecule has 0 radical (unpaired) electrons. The number of carbonyl (C=O) groups excluding carboxylic acids is 1. The van der Waals surface area contributed by atoms with Gasteiger partial charge in [0.05, 0.1) is 29.5 Å². The Kier molecular flexibility index (Phi) is 4.63. The van der Waals surface area contributed by atoms with Gasteiger partial charge in [-0.3, -0.25) is 9.78 Å².